The van der Waals surface area contributed by atoms with Crippen LogP contribution in [0.1, 0.15) is 83.7 Å². The number of hydrogen-bond donors (Lipinski definition) is 1. The highest BCUT2D eigenvalue weighted by atomic mass is 16.8. The number of esters is 7. The summed E-state index contributed by atoms with van der Waals surface area (Å²) in [6.07, 6.45) is -25.8. The van der Waals surface area contributed by atoms with Gasteiger partial charge in [-0.25, -0.2) is 24.0 Å². The number of aliphatic hydroxyl groups excluding tert-OH is 1. The average molecular weight is 1270 g/mol. The third kappa shape index (κ3) is 17.6. The van der Waals surface area contributed by atoms with Gasteiger partial charge in [0.15, 0.2) is 55.5 Å². The smallest absolute Gasteiger partial charge is 0.338 e. The van der Waals surface area contributed by atoms with Crippen LogP contribution < -0.4 is 0 Å². The van der Waals surface area contributed by atoms with Gasteiger partial charge in [-0.1, -0.05) is 152 Å². The van der Waals surface area contributed by atoms with Crippen molar-refractivity contribution in [1.82, 2.24) is 0 Å². The zero-order chi connectivity index (χ0) is 65.2. The molecule has 0 radical (unpaired) electrons. The number of carbonyl (C=O) groups is 7. The van der Waals surface area contributed by atoms with Crippen LogP contribution in [-0.2, 0) is 89.1 Å². The van der Waals surface area contributed by atoms with Crippen LogP contribution in [-0.4, -0.2) is 152 Å². The minimum absolute atomic E-state index is 0.0114. The molecule has 0 amide bonds. The molecule has 7 aromatic carbocycles. The van der Waals surface area contributed by atoms with Gasteiger partial charge in [-0.15, -0.1) is 0 Å². The molecule has 22 heteroatoms. The lowest BCUT2D eigenvalue weighted by molar-refractivity contribution is -0.374. The van der Waals surface area contributed by atoms with E-state index in [1.165, 1.54) is 67.6 Å². The Morgan fingerprint density at radius 3 is 1.18 bits per heavy atom. The number of ether oxygens (including phenoxy) is 14. The molecule has 22 nitrogen and oxygen atoms in total. The minimum atomic E-state index is -2.15. The Kier molecular flexibility index (Phi) is 23.0. The maximum atomic E-state index is 14.8. The predicted octanol–water partition coefficient (Wildman–Crippen LogP) is 8.37. The van der Waals surface area contributed by atoms with E-state index in [-0.39, 0.29) is 47.6 Å². The van der Waals surface area contributed by atoms with Crippen molar-refractivity contribution in [1.29, 1.82) is 0 Å². The highest BCUT2D eigenvalue weighted by molar-refractivity contribution is 5.92. The Bertz CT molecular complexity index is 3570. The fourth-order valence-corrected chi connectivity index (χ4v) is 10.8. The number of carbonyl (C=O) groups excluding carboxylic acids is 7. The van der Waals surface area contributed by atoms with Crippen molar-refractivity contribution in [2.75, 3.05) is 13.2 Å². The van der Waals surface area contributed by atoms with E-state index in [1.807, 2.05) is 60.7 Å². The van der Waals surface area contributed by atoms with E-state index in [0.29, 0.717) is 0 Å². The molecule has 3 aliphatic heterocycles. The van der Waals surface area contributed by atoms with Gasteiger partial charge in [0, 0.05) is 13.8 Å². The summed E-state index contributed by atoms with van der Waals surface area (Å²) in [5.74, 6) is -6.51. The van der Waals surface area contributed by atoms with Gasteiger partial charge >= 0.3 is 41.8 Å². The van der Waals surface area contributed by atoms with E-state index >= 15 is 0 Å². The zero-order valence-corrected chi connectivity index (χ0v) is 50.7. The quantitative estimate of drug-likeness (QED) is 0.0439. The lowest BCUT2D eigenvalue weighted by Crippen LogP contribution is -2.68. The van der Waals surface area contributed by atoms with Crippen LogP contribution in [0.2, 0.25) is 0 Å². The minimum Gasteiger partial charge on any atom is -0.459 e. The summed E-state index contributed by atoms with van der Waals surface area (Å²) in [7, 11) is 0. The second-order valence-corrected chi connectivity index (χ2v) is 21.8. The van der Waals surface area contributed by atoms with Crippen LogP contribution in [0.25, 0.3) is 0 Å². The maximum Gasteiger partial charge on any atom is 0.338 e. The number of rotatable bonds is 24. The van der Waals surface area contributed by atoms with Gasteiger partial charge in [0.2, 0.25) is 0 Å². The molecule has 10 rings (SSSR count). The third-order valence-corrected chi connectivity index (χ3v) is 15.2. The molecule has 3 heterocycles. The molecule has 484 valence electrons. The van der Waals surface area contributed by atoms with E-state index in [9.17, 15) is 38.7 Å². The molecule has 0 bridgehead atoms. The van der Waals surface area contributed by atoms with Crippen LogP contribution in [0, 0.1) is 0 Å². The van der Waals surface area contributed by atoms with Crippen molar-refractivity contribution in [3.63, 3.8) is 0 Å². The van der Waals surface area contributed by atoms with Gasteiger partial charge in [0.25, 0.3) is 0 Å². The molecule has 0 unspecified atom stereocenters. The molecule has 7 aromatic rings. The fourth-order valence-electron chi connectivity index (χ4n) is 10.8. The van der Waals surface area contributed by atoms with Crippen molar-refractivity contribution in [3.8, 4) is 0 Å². The molecule has 93 heavy (non-hydrogen) atoms. The number of aliphatic hydroxyl groups is 1. The SMILES string of the molecule is CC(=O)O[C@@H]1[C@H](OC(C)=O)[C@@H](O[C@@H]2[C@@H](OC(=O)c3ccccc3)[C@@H](OC(=O)c3ccccc3)[C@H](O[C@@H]3[C@@H](OC(=O)c4ccccc4)[C@H](O)O[C@H](COC(=O)c4ccccc4)[C@@H]3OC(=O)c3ccccc3)O[C@H]2C)O[C@H](COCc2ccccc2)[C@H]1OCc1ccccc1. The van der Waals surface area contributed by atoms with Gasteiger partial charge < -0.3 is 71.4 Å². The van der Waals surface area contributed by atoms with Crippen molar-refractivity contribution >= 4 is 41.8 Å². The molecule has 0 aliphatic carbocycles. The fraction of sp³-hybridized carbons (Fsp3) is 0.310. The summed E-state index contributed by atoms with van der Waals surface area (Å²) in [6, 6.07) is 57.1. The van der Waals surface area contributed by atoms with Crippen molar-refractivity contribution in [2.45, 2.75) is 126 Å². The molecule has 15 atom stereocenters. The lowest BCUT2D eigenvalue weighted by Gasteiger charge is -2.50. The normalized spacial score (nSPS) is 25.8. The van der Waals surface area contributed by atoms with Crippen LogP contribution in [0.15, 0.2) is 212 Å². The molecule has 3 fully saturated rings. The second-order valence-electron chi connectivity index (χ2n) is 21.8. The van der Waals surface area contributed by atoms with E-state index < -0.39 is 141 Å². The summed E-state index contributed by atoms with van der Waals surface area (Å²) in [5, 5.41) is 12.2. The summed E-state index contributed by atoms with van der Waals surface area (Å²) >= 11 is 0. The van der Waals surface area contributed by atoms with E-state index in [1.54, 1.807) is 91.0 Å². The summed E-state index contributed by atoms with van der Waals surface area (Å²) in [6.45, 7) is 2.86. The Morgan fingerprint density at radius 2 is 0.710 bits per heavy atom. The number of hydrogen-bond acceptors (Lipinski definition) is 22. The summed E-state index contributed by atoms with van der Waals surface area (Å²) < 4.78 is 89.3. The maximum absolute atomic E-state index is 14.8. The Morgan fingerprint density at radius 1 is 0.355 bits per heavy atom. The van der Waals surface area contributed by atoms with E-state index in [4.69, 9.17) is 66.3 Å². The molecule has 0 aromatic heterocycles. The van der Waals surface area contributed by atoms with E-state index in [2.05, 4.69) is 0 Å². The van der Waals surface area contributed by atoms with Gasteiger partial charge in [0.05, 0.1) is 53.7 Å². The zero-order valence-electron chi connectivity index (χ0n) is 50.7. The van der Waals surface area contributed by atoms with Crippen LogP contribution in [0.5, 0.6) is 0 Å². The van der Waals surface area contributed by atoms with Gasteiger partial charge in [-0.05, 0) is 78.7 Å². The molecule has 3 aliphatic rings. The van der Waals surface area contributed by atoms with Gasteiger partial charge in [-0.3, -0.25) is 9.59 Å². The predicted molar refractivity (Wildman–Crippen MR) is 325 cm³/mol. The van der Waals surface area contributed by atoms with Crippen molar-refractivity contribution < 1.29 is 105 Å². The topological polar surface area (TPSA) is 269 Å². The van der Waals surface area contributed by atoms with Crippen LogP contribution in [0.4, 0.5) is 0 Å². The highest BCUT2D eigenvalue weighted by Crippen LogP contribution is 2.39. The monoisotopic (exact) mass is 1270 g/mol. The Labute approximate surface area is 535 Å². The summed E-state index contributed by atoms with van der Waals surface area (Å²) in [4.78, 5) is 98.5. The first-order valence-corrected chi connectivity index (χ1v) is 30.0. The van der Waals surface area contributed by atoms with Crippen molar-refractivity contribution in [3.05, 3.63) is 251 Å². The molecule has 3 saturated heterocycles. The first-order valence-electron chi connectivity index (χ1n) is 30.0. The average Bonchev–Trinajstić information content (AvgIpc) is 0.776. The number of benzene rings is 7. The Hall–Kier alpha value is -9.49. The lowest BCUT2D eigenvalue weighted by atomic mass is 9.95. The molecule has 0 spiro atoms. The van der Waals surface area contributed by atoms with Crippen LogP contribution in [0.3, 0.4) is 0 Å². The van der Waals surface area contributed by atoms with Crippen LogP contribution >= 0.6 is 0 Å². The summed E-state index contributed by atoms with van der Waals surface area (Å²) in [5.41, 5.74) is 1.71. The first-order chi connectivity index (χ1) is 45.2. The molecule has 0 saturated carbocycles. The Balaban J connectivity index is 1.08. The van der Waals surface area contributed by atoms with Gasteiger partial charge in [0.1, 0.15) is 37.1 Å². The third-order valence-electron chi connectivity index (χ3n) is 15.2. The van der Waals surface area contributed by atoms with E-state index in [0.717, 1.165) is 25.0 Å². The largest absolute Gasteiger partial charge is 0.459 e. The molecular formula is C71H68O22. The molecule has 1 N–H and O–H groups in total. The van der Waals surface area contributed by atoms with Gasteiger partial charge in [-0.2, -0.15) is 0 Å². The standard InChI is InChI=1S/C71H68O22/c1-43-55(92-71-62(85-45(3)73)59(84-44(2)72)56(81-40-47-27-13-5-14-28-47)53(87-71)41-80-39-46-25-11-4-12-26-46)58(89-66(76)50-33-19-8-20-34-50)63(91-68(78)52-37-23-10-24-38-52)70(83-43)93-60-57(88-65(75)49-31-17-7-18-32-49)54(42-82-64(74)48-29-15-6-16-30-48)86-69(79)61(60)90-67(77)51-35-21-9-22-36-51/h4-38,43,53-63,69-71,79H,39-42H2,1-3H3/t43-,53+,54+,55-,56+,57-,58+,59-,60-,61+,62-,63+,69+,70-,71+/m0/s1. The first kappa shape index (κ1) is 66.4. The molecular weight excluding hydrogens is 1200 g/mol. The van der Waals surface area contributed by atoms with Crippen molar-refractivity contribution in [2.24, 2.45) is 0 Å². The highest BCUT2D eigenvalue weighted by Gasteiger charge is 2.59. The second kappa shape index (κ2) is 32.2.